The van der Waals surface area contributed by atoms with E-state index in [1.54, 1.807) is 0 Å². The standard InChI is InChI=1S/C32H50OS.CHF3/c1-2-3-4-5-6-7-8-9-10-11-12-13-14-15-16-20-27-33-31-25-23-30(24-26-31)32(34)28-29-21-18-17-19-22-29;2-1(3)4/h17-19,21-26,32,34H,2-16,20,27-28H2,1H3;1H. The van der Waals surface area contributed by atoms with Crippen LogP contribution in [0, 0.1) is 0 Å². The highest BCUT2D eigenvalue weighted by Gasteiger charge is 2.07. The highest BCUT2D eigenvalue weighted by Crippen LogP contribution is 2.26. The molecule has 2 rings (SSSR count). The van der Waals surface area contributed by atoms with Crippen molar-refractivity contribution in [3.63, 3.8) is 0 Å². The zero-order chi connectivity index (χ0) is 27.7. The number of ether oxygens (including phenoxy) is 1. The molecule has 2 aromatic rings. The van der Waals surface area contributed by atoms with Crippen molar-refractivity contribution in [1.29, 1.82) is 0 Å². The van der Waals surface area contributed by atoms with Crippen LogP contribution in [-0.4, -0.2) is 13.3 Å². The van der Waals surface area contributed by atoms with Gasteiger partial charge in [-0.2, -0.15) is 25.8 Å². The van der Waals surface area contributed by atoms with Gasteiger partial charge in [-0.25, -0.2) is 0 Å². The second kappa shape index (κ2) is 24.4. The van der Waals surface area contributed by atoms with Crippen molar-refractivity contribution in [1.82, 2.24) is 0 Å². The summed E-state index contributed by atoms with van der Waals surface area (Å²) in [5.41, 5.74) is 2.58. The van der Waals surface area contributed by atoms with Gasteiger partial charge in [-0.15, -0.1) is 0 Å². The average Bonchev–Trinajstić information content (AvgIpc) is 2.91. The van der Waals surface area contributed by atoms with Crippen LogP contribution in [0.4, 0.5) is 13.2 Å². The van der Waals surface area contributed by atoms with Crippen molar-refractivity contribution in [3.05, 3.63) is 65.7 Å². The summed E-state index contributed by atoms with van der Waals surface area (Å²) in [4.78, 5) is 0. The smallest absolute Gasteiger partial charge is 0.379 e. The van der Waals surface area contributed by atoms with Gasteiger partial charge in [0.2, 0.25) is 0 Å². The molecule has 0 heterocycles. The minimum Gasteiger partial charge on any atom is -0.494 e. The molecule has 1 atom stereocenters. The molecule has 0 radical (unpaired) electrons. The van der Waals surface area contributed by atoms with Crippen LogP contribution in [-0.2, 0) is 6.42 Å². The summed E-state index contributed by atoms with van der Waals surface area (Å²) in [6.45, 7) is -0.548. The van der Waals surface area contributed by atoms with Gasteiger partial charge in [-0.05, 0) is 36.1 Å². The van der Waals surface area contributed by atoms with Gasteiger partial charge in [0.15, 0.2) is 0 Å². The molecule has 1 unspecified atom stereocenters. The predicted molar refractivity (Wildman–Crippen MR) is 160 cm³/mol. The molecule has 38 heavy (non-hydrogen) atoms. The molecular weight excluding hydrogens is 501 g/mol. The van der Waals surface area contributed by atoms with Gasteiger partial charge < -0.3 is 4.74 Å². The molecule has 0 aliphatic carbocycles. The van der Waals surface area contributed by atoms with Crippen molar-refractivity contribution in [2.75, 3.05) is 6.61 Å². The summed E-state index contributed by atoms with van der Waals surface area (Å²) in [6.07, 6.45) is 23.3. The SMILES string of the molecule is CCCCCCCCCCCCCCCCCCOc1ccc(C(S)Cc2ccccc2)cc1.FC(F)F. The molecule has 0 amide bonds. The normalized spacial score (nSPS) is 11.7. The molecule has 0 bridgehead atoms. The number of alkyl halides is 3. The van der Waals surface area contributed by atoms with Gasteiger partial charge >= 0.3 is 6.68 Å². The van der Waals surface area contributed by atoms with Crippen LogP contribution in [0.25, 0.3) is 0 Å². The highest BCUT2D eigenvalue weighted by atomic mass is 32.1. The summed E-state index contributed by atoms with van der Waals surface area (Å²) in [6, 6.07) is 19.1. The second-order valence-electron chi connectivity index (χ2n) is 10.2. The van der Waals surface area contributed by atoms with Crippen molar-refractivity contribution < 1.29 is 17.9 Å². The van der Waals surface area contributed by atoms with E-state index in [1.807, 2.05) is 0 Å². The van der Waals surface area contributed by atoms with E-state index in [2.05, 4.69) is 61.5 Å². The number of rotatable bonds is 21. The van der Waals surface area contributed by atoms with Gasteiger partial charge in [-0.1, -0.05) is 146 Å². The van der Waals surface area contributed by atoms with Crippen LogP contribution in [0.2, 0.25) is 0 Å². The Hall–Kier alpha value is -1.62. The topological polar surface area (TPSA) is 9.23 Å². The van der Waals surface area contributed by atoms with Crippen LogP contribution in [0.5, 0.6) is 5.75 Å². The zero-order valence-electron chi connectivity index (χ0n) is 23.6. The zero-order valence-corrected chi connectivity index (χ0v) is 24.5. The molecule has 0 N–H and O–H groups in total. The van der Waals surface area contributed by atoms with Gasteiger partial charge in [0, 0.05) is 5.25 Å². The van der Waals surface area contributed by atoms with Crippen molar-refractivity contribution in [2.45, 2.75) is 128 Å². The fraction of sp³-hybridized carbons (Fsp3) is 0.636. The van der Waals surface area contributed by atoms with Crippen LogP contribution in [0.1, 0.15) is 126 Å². The Labute approximate surface area is 236 Å². The number of thiol groups is 1. The first-order chi connectivity index (χ1) is 18.5. The van der Waals surface area contributed by atoms with Gasteiger partial charge in [-0.3, -0.25) is 0 Å². The highest BCUT2D eigenvalue weighted by molar-refractivity contribution is 7.80. The maximum Gasteiger partial charge on any atom is 0.379 e. The average molecular weight is 553 g/mol. The number of benzene rings is 2. The summed E-state index contributed by atoms with van der Waals surface area (Å²) < 4.78 is 35.0. The van der Waals surface area contributed by atoms with E-state index >= 15 is 0 Å². The number of halogens is 3. The molecule has 0 saturated heterocycles. The van der Waals surface area contributed by atoms with E-state index in [0.717, 1.165) is 25.2 Å². The molecule has 1 nitrogen and oxygen atoms in total. The van der Waals surface area contributed by atoms with E-state index in [0.29, 0.717) is 0 Å². The van der Waals surface area contributed by atoms with E-state index in [9.17, 15) is 13.2 Å². The summed E-state index contributed by atoms with van der Waals surface area (Å²) >= 11 is 4.80. The molecule has 0 aliphatic heterocycles. The van der Waals surface area contributed by atoms with Crippen LogP contribution < -0.4 is 4.74 Å². The van der Waals surface area contributed by atoms with Gasteiger partial charge in [0.25, 0.3) is 0 Å². The number of unbranched alkanes of at least 4 members (excludes halogenated alkanes) is 15. The Kier molecular flexibility index (Phi) is 22.1. The van der Waals surface area contributed by atoms with Crippen LogP contribution in [0.3, 0.4) is 0 Å². The lowest BCUT2D eigenvalue weighted by Crippen LogP contribution is -1.99. The lowest BCUT2D eigenvalue weighted by Gasteiger charge is -2.12. The fourth-order valence-electron chi connectivity index (χ4n) is 4.58. The van der Waals surface area contributed by atoms with Crippen molar-refractivity contribution in [3.8, 4) is 5.75 Å². The third kappa shape index (κ3) is 20.4. The first kappa shape index (κ1) is 34.4. The Balaban J connectivity index is 0.00000168. The van der Waals surface area contributed by atoms with E-state index in [1.165, 1.54) is 107 Å². The van der Waals surface area contributed by atoms with Gasteiger partial charge in [0.05, 0.1) is 6.61 Å². The molecule has 0 fully saturated rings. The van der Waals surface area contributed by atoms with Crippen molar-refractivity contribution >= 4 is 12.6 Å². The maximum atomic E-state index is 9.67. The summed E-state index contributed by atoms with van der Waals surface area (Å²) in [5, 5.41) is 0.219. The molecule has 0 saturated carbocycles. The van der Waals surface area contributed by atoms with E-state index < -0.39 is 6.68 Å². The van der Waals surface area contributed by atoms with E-state index in [-0.39, 0.29) is 5.25 Å². The minimum absolute atomic E-state index is 0.219. The maximum absolute atomic E-state index is 9.67. The quantitative estimate of drug-likeness (QED) is 0.120. The molecule has 2 aromatic carbocycles. The monoisotopic (exact) mass is 552 g/mol. The predicted octanol–water partition coefficient (Wildman–Crippen LogP) is 11.7. The summed E-state index contributed by atoms with van der Waals surface area (Å²) in [7, 11) is 0. The van der Waals surface area contributed by atoms with Crippen LogP contribution in [0.15, 0.2) is 54.6 Å². The third-order valence-corrected chi connectivity index (χ3v) is 7.28. The molecule has 0 spiro atoms. The molecular formula is C33H51F3OS. The summed E-state index contributed by atoms with van der Waals surface area (Å²) in [5.74, 6) is 0.977. The largest absolute Gasteiger partial charge is 0.494 e. The fourth-order valence-corrected chi connectivity index (χ4v) is 4.96. The Morgan fingerprint density at radius 2 is 1.03 bits per heavy atom. The second-order valence-corrected chi connectivity index (χ2v) is 10.8. The Bertz CT molecular complexity index is 752. The van der Waals surface area contributed by atoms with Crippen LogP contribution >= 0.6 is 12.6 Å². The Morgan fingerprint density at radius 1 is 0.605 bits per heavy atom. The third-order valence-electron chi connectivity index (χ3n) is 6.80. The number of hydrogen-bond acceptors (Lipinski definition) is 2. The van der Waals surface area contributed by atoms with Gasteiger partial charge in [0.1, 0.15) is 5.75 Å². The first-order valence-electron chi connectivity index (χ1n) is 14.9. The number of hydrogen-bond donors (Lipinski definition) is 1. The Morgan fingerprint density at radius 3 is 1.47 bits per heavy atom. The lowest BCUT2D eigenvalue weighted by molar-refractivity contribution is 0.00819. The van der Waals surface area contributed by atoms with Crippen molar-refractivity contribution in [2.24, 2.45) is 0 Å². The molecule has 216 valence electrons. The molecule has 0 aliphatic rings. The lowest BCUT2D eigenvalue weighted by atomic mass is 10.0. The molecule has 0 aromatic heterocycles. The van der Waals surface area contributed by atoms with E-state index in [4.69, 9.17) is 17.4 Å². The molecule has 5 heteroatoms. The first-order valence-corrected chi connectivity index (χ1v) is 15.4. The minimum atomic E-state index is -3.67.